The second-order valence-corrected chi connectivity index (χ2v) is 4.43. The Kier molecular flexibility index (Phi) is 4.28. The second-order valence-electron chi connectivity index (χ2n) is 4.43. The van der Waals surface area contributed by atoms with E-state index < -0.39 is 0 Å². The molecule has 1 unspecified atom stereocenters. The van der Waals surface area contributed by atoms with Gasteiger partial charge in [-0.25, -0.2) is 0 Å². The smallest absolute Gasteiger partial charge is 0.256 e. The molecular formula is C12H18N2O2. The lowest BCUT2D eigenvalue weighted by molar-refractivity contribution is 0.0934. The number of hydrogen-bond donors (Lipinski definition) is 2. The molecule has 0 fully saturated rings. The van der Waals surface area contributed by atoms with E-state index in [1.165, 1.54) is 18.5 Å². The molecule has 4 nitrogen and oxygen atoms in total. The van der Waals surface area contributed by atoms with Crippen LogP contribution in [0.15, 0.2) is 23.3 Å². The lowest BCUT2D eigenvalue weighted by Crippen LogP contribution is -2.36. The predicted molar refractivity (Wildman–Crippen MR) is 63.4 cm³/mol. The summed E-state index contributed by atoms with van der Waals surface area (Å²) in [5, 5.41) is 2.81. The van der Waals surface area contributed by atoms with Crippen LogP contribution in [0.5, 0.6) is 0 Å². The van der Waals surface area contributed by atoms with E-state index >= 15 is 0 Å². The topological polar surface area (TPSA) is 62.0 Å². The third-order valence-corrected chi connectivity index (χ3v) is 2.27. The van der Waals surface area contributed by atoms with E-state index in [1.807, 2.05) is 6.92 Å². The molecule has 1 amide bonds. The Morgan fingerprint density at radius 3 is 2.69 bits per heavy atom. The van der Waals surface area contributed by atoms with Crippen LogP contribution in [-0.2, 0) is 0 Å². The van der Waals surface area contributed by atoms with Gasteiger partial charge in [0.25, 0.3) is 5.91 Å². The minimum atomic E-state index is -0.310. The standard InChI is InChI=1S/C12H18N2O2/c1-8(2)6-9(3)14-12(16)10-7-13-5-4-11(10)15/h4-5,7-9H,6H2,1-3H3,(H,13,15)(H,14,16). The zero-order valence-corrected chi connectivity index (χ0v) is 9.91. The average molecular weight is 222 g/mol. The predicted octanol–water partition coefficient (Wildman–Crippen LogP) is 1.54. The van der Waals surface area contributed by atoms with Crippen LogP contribution < -0.4 is 10.7 Å². The van der Waals surface area contributed by atoms with E-state index in [0.29, 0.717) is 5.92 Å². The van der Waals surface area contributed by atoms with E-state index in [9.17, 15) is 9.59 Å². The van der Waals surface area contributed by atoms with Gasteiger partial charge in [-0.05, 0) is 19.3 Å². The molecule has 1 rings (SSSR count). The Hall–Kier alpha value is -1.58. The minimum Gasteiger partial charge on any atom is -0.367 e. The summed E-state index contributed by atoms with van der Waals surface area (Å²) in [5.41, 5.74) is -0.0916. The van der Waals surface area contributed by atoms with Gasteiger partial charge < -0.3 is 10.3 Å². The van der Waals surface area contributed by atoms with Crippen LogP contribution in [0.1, 0.15) is 37.6 Å². The van der Waals surface area contributed by atoms with Crippen molar-refractivity contribution < 1.29 is 4.79 Å². The number of H-pyrrole nitrogens is 1. The molecule has 0 saturated heterocycles. The Labute approximate surface area is 95.1 Å². The molecule has 0 aromatic carbocycles. The molecule has 16 heavy (non-hydrogen) atoms. The van der Waals surface area contributed by atoms with Crippen molar-refractivity contribution in [3.05, 3.63) is 34.2 Å². The number of aromatic amines is 1. The van der Waals surface area contributed by atoms with Crippen molar-refractivity contribution in [1.29, 1.82) is 0 Å². The fourth-order valence-corrected chi connectivity index (χ4v) is 1.66. The van der Waals surface area contributed by atoms with Crippen molar-refractivity contribution in [1.82, 2.24) is 10.3 Å². The van der Waals surface area contributed by atoms with Gasteiger partial charge in [-0.3, -0.25) is 9.59 Å². The Morgan fingerprint density at radius 2 is 2.12 bits per heavy atom. The van der Waals surface area contributed by atoms with Crippen molar-refractivity contribution in [2.75, 3.05) is 0 Å². The number of nitrogens with one attached hydrogen (secondary N) is 2. The second kappa shape index (κ2) is 5.49. The quantitative estimate of drug-likeness (QED) is 0.811. The average Bonchev–Trinajstić information content (AvgIpc) is 2.16. The molecule has 1 aromatic heterocycles. The van der Waals surface area contributed by atoms with Gasteiger partial charge in [0, 0.05) is 24.5 Å². The molecule has 0 aliphatic heterocycles. The highest BCUT2D eigenvalue weighted by Crippen LogP contribution is 2.04. The number of carbonyl (C=O) groups is 1. The van der Waals surface area contributed by atoms with Crippen LogP contribution in [-0.4, -0.2) is 16.9 Å². The normalized spacial score (nSPS) is 12.5. The maximum Gasteiger partial charge on any atom is 0.256 e. The summed E-state index contributed by atoms with van der Waals surface area (Å²) in [6.07, 6.45) is 3.84. The van der Waals surface area contributed by atoms with Crippen LogP contribution in [0.3, 0.4) is 0 Å². The van der Waals surface area contributed by atoms with Crippen LogP contribution in [0.25, 0.3) is 0 Å². The van der Waals surface area contributed by atoms with Crippen LogP contribution in [0, 0.1) is 5.92 Å². The molecule has 0 radical (unpaired) electrons. The van der Waals surface area contributed by atoms with Crippen LogP contribution >= 0.6 is 0 Å². The summed E-state index contributed by atoms with van der Waals surface area (Å²) in [6.45, 7) is 6.13. The molecule has 4 heteroatoms. The highest BCUT2D eigenvalue weighted by molar-refractivity contribution is 5.93. The van der Waals surface area contributed by atoms with E-state index in [2.05, 4.69) is 24.1 Å². The van der Waals surface area contributed by atoms with Crippen LogP contribution in [0.4, 0.5) is 0 Å². The maximum atomic E-state index is 11.7. The molecule has 0 bridgehead atoms. The van der Waals surface area contributed by atoms with Crippen molar-refractivity contribution >= 4 is 5.91 Å². The first-order chi connectivity index (χ1) is 7.50. The fraction of sp³-hybridized carbons (Fsp3) is 0.500. The lowest BCUT2D eigenvalue weighted by Gasteiger charge is -2.15. The summed E-state index contributed by atoms with van der Waals surface area (Å²) in [4.78, 5) is 25.8. The van der Waals surface area contributed by atoms with Gasteiger partial charge in [0.2, 0.25) is 0 Å². The zero-order valence-electron chi connectivity index (χ0n) is 9.91. The first kappa shape index (κ1) is 12.5. The molecule has 0 aliphatic rings. The molecule has 2 N–H and O–H groups in total. The Morgan fingerprint density at radius 1 is 1.44 bits per heavy atom. The Balaban J connectivity index is 2.66. The maximum absolute atomic E-state index is 11.7. The van der Waals surface area contributed by atoms with Crippen molar-refractivity contribution in [3.8, 4) is 0 Å². The first-order valence-electron chi connectivity index (χ1n) is 5.48. The molecule has 0 spiro atoms. The van der Waals surface area contributed by atoms with Gasteiger partial charge in [0.05, 0.1) is 0 Å². The zero-order chi connectivity index (χ0) is 12.1. The van der Waals surface area contributed by atoms with Crippen molar-refractivity contribution in [2.24, 2.45) is 5.92 Å². The van der Waals surface area contributed by atoms with Crippen molar-refractivity contribution in [2.45, 2.75) is 33.2 Å². The molecule has 0 aliphatic carbocycles. The van der Waals surface area contributed by atoms with Gasteiger partial charge in [0.15, 0.2) is 5.43 Å². The molecular weight excluding hydrogens is 204 g/mol. The fourth-order valence-electron chi connectivity index (χ4n) is 1.66. The first-order valence-corrected chi connectivity index (χ1v) is 5.48. The molecule has 88 valence electrons. The van der Waals surface area contributed by atoms with Crippen LogP contribution in [0.2, 0.25) is 0 Å². The summed E-state index contributed by atoms with van der Waals surface area (Å²) in [7, 11) is 0. The molecule has 0 saturated carbocycles. The summed E-state index contributed by atoms with van der Waals surface area (Å²) < 4.78 is 0. The number of aromatic nitrogens is 1. The molecule has 1 aromatic rings. The SMILES string of the molecule is CC(C)CC(C)NC(=O)c1c[nH]ccc1=O. The molecule has 1 heterocycles. The van der Waals surface area contributed by atoms with E-state index in [4.69, 9.17) is 0 Å². The van der Waals surface area contributed by atoms with E-state index in [-0.39, 0.29) is 22.9 Å². The third-order valence-electron chi connectivity index (χ3n) is 2.27. The largest absolute Gasteiger partial charge is 0.367 e. The number of amides is 1. The number of rotatable bonds is 4. The number of hydrogen-bond acceptors (Lipinski definition) is 2. The summed E-state index contributed by atoms with van der Waals surface area (Å²) in [5.74, 6) is 0.208. The Bertz CT molecular complexity index is 409. The van der Waals surface area contributed by atoms with E-state index in [1.54, 1.807) is 0 Å². The van der Waals surface area contributed by atoms with Gasteiger partial charge in [-0.2, -0.15) is 0 Å². The summed E-state index contributed by atoms with van der Waals surface area (Å²) in [6, 6.07) is 1.43. The monoisotopic (exact) mass is 222 g/mol. The van der Waals surface area contributed by atoms with Gasteiger partial charge in [0.1, 0.15) is 5.56 Å². The number of pyridine rings is 1. The summed E-state index contributed by atoms with van der Waals surface area (Å²) >= 11 is 0. The lowest BCUT2D eigenvalue weighted by atomic mass is 10.1. The van der Waals surface area contributed by atoms with Gasteiger partial charge >= 0.3 is 0 Å². The molecule has 1 atom stereocenters. The van der Waals surface area contributed by atoms with Crippen molar-refractivity contribution in [3.63, 3.8) is 0 Å². The van der Waals surface area contributed by atoms with Gasteiger partial charge in [-0.1, -0.05) is 13.8 Å². The minimum absolute atomic E-state index is 0.0760. The number of carbonyl (C=O) groups excluding carboxylic acids is 1. The van der Waals surface area contributed by atoms with E-state index in [0.717, 1.165) is 6.42 Å². The highest BCUT2D eigenvalue weighted by atomic mass is 16.2. The van der Waals surface area contributed by atoms with Gasteiger partial charge in [-0.15, -0.1) is 0 Å². The third kappa shape index (κ3) is 3.53. The highest BCUT2D eigenvalue weighted by Gasteiger charge is 2.13.